The SMILES string of the molecule is CCc1occc1C(=O)N1CCNCC1(C)C. The maximum absolute atomic E-state index is 12.5. The van der Waals surface area contributed by atoms with Crippen LogP contribution in [0.3, 0.4) is 0 Å². The lowest BCUT2D eigenvalue weighted by atomic mass is 9.98. The number of amides is 1. The van der Waals surface area contributed by atoms with Crippen LogP contribution in [0.25, 0.3) is 0 Å². The number of carbonyl (C=O) groups excluding carboxylic acids is 1. The summed E-state index contributed by atoms with van der Waals surface area (Å²) in [5.41, 5.74) is 0.569. The minimum atomic E-state index is -0.141. The Labute approximate surface area is 102 Å². The van der Waals surface area contributed by atoms with E-state index in [1.54, 1.807) is 12.3 Å². The number of aryl methyl sites for hydroxylation is 1. The fourth-order valence-electron chi connectivity index (χ4n) is 2.31. The summed E-state index contributed by atoms with van der Waals surface area (Å²) in [6.45, 7) is 8.61. The lowest BCUT2D eigenvalue weighted by molar-refractivity contribution is 0.0475. The molecule has 2 rings (SSSR count). The van der Waals surface area contributed by atoms with Gasteiger partial charge in [-0.05, 0) is 19.9 Å². The molecule has 2 heterocycles. The van der Waals surface area contributed by atoms with Crippen LogP contribution < -0.4 is 5.32 Å². The summed E-state index contributed by atoms with van der Waals surface area (Å²) >= 11 is 0. The highest BCUT2D eigenvalue weighted by atomic mass is 16.3. The zero-order valence-corrected chi connectivity index (χ0v) is 10.7. The van der Waals surface area contributed by atoms with E-state index in [0.29, 0.717) is 5.56 Å². The summed E-state index contributed by atoms with van der Waals surface area (Å²) in [6, 6.07) is 1.78. The molecule has 0 unspecified atom stereocenters. The van der Waals surface area contributed by atoms with Crippen LogP contribution in [-0.2, 0) is 6.42 Å². The minimum Gasteiger partial charge on any atom is -0.469 e. The van der Waals surface area contributed by atoms with Crippen LogP contribution in [0.2, 0.25) is 0 Å². The van der Waals surface area contributed by atoms with E-state index in [4.69, 9.17) is 4.42 Å². The van der Waals surface area contributed by atoms with Gasteiger partial charge in [-0.15, -0.1) is 0 Å². The zero-order valence-electron chi connectivity index (χ0n) is 10.7. The Kier molecular flexibility index (Phi) is 3.24. The van der Waals surface area contributed by atoms with Crippen LogP contribution in [0.15, 0.2) is 16.7 Å². The number of piperazine rings is 1. The molecule has 4 heteroatoms. The molecule has 1 N–H and O–H groups in total. The van der Waals surface area contributed by atoms with E-state index in [1.165, 1.54) is 0 Å². The van der Waals surface area contributed by atoms with Crippen molar-refractivity contribution in [1.82, 2.24) is 10.2 Å². The van der Waals surface area contributed by atoms with Crippen molar-refractivity contribution in [1.29, 1.82) is 0 Å². The molecular formula is C13H20N2O2. The van der Waals surface area contributed by atoms with Crippen molar-refractivity contribution in [3.63, 3.8) is 0 Å². The van der Waals surface area contributed by atoms with E-state index in [-0.39, 0.29) is 11.4 Å². The highest BCUT2D eigenvalue weighted by Crippen LogP contribution is 2.22. The molecule has 0 bridgehead atoms. The smallest absolute Gasteiger partial charge is 0.257 e. The van der Waals surface area contributed by atoms with Gasteiger partial charge in [-0.2, -0.15) is 0 Å². The maximum Gasteiger partial charge on any atom is 0.257 e. The highest BCUT2D eigenvalue weighted by Gasteiger charge is 2.34. The predicted octanol–water partition coefficient (Wildman–Crippen LogP) is 1.67. The number of hydrogen-bond acceptors (Lipinski definition) is 3. The van der Waals surface area contributed by atoms with Crippen LogP contribution in [0.5, 0.6) is 0 Å². The van der Waals surface area contributed by atoms with Crippen LogP contribution in [-0.4, -0.2) is 36.0 Å². The Morgan fingerprint density at radius 1 is 1.59 bits per heavy atom. The minimum absolute atomic E-state index is 0.0853. The maximum atomic E-state index is 12.5. The second-order valence-corrected chi connectivity index (χ2v) is 5.06. The molecule has 94 valence electrons. The first kappa shape index (κ1) is 12.2. The first-order valence-corrected chi connectivity index (χ1v) is 6.15. The van der Waals surface area contributed by atoms with Gasteiger partial charge < -0.3 is 14.6 Å². The van der Waals surface area contributed by atoms with Crippen LogP contribution in [0, 0.1) is 0 Å². The Morgan fingerprint density at radius 2 is 2.35 bits per heavy atom. The fraction of sp³-hybridized carbons (Fsp3) is 0.615. The first-order chi connectivity index (χ1) is 8.06. The van der Waals surface area contributed by atoms with Crippen molar-refractivity contribution in [2.45, 2.75) is 32.7 Å². The van der Waals surface area contributed by atoms with Gasteiger partial charge in [-0.3, -0.25) is 4.79 Å². The number of carbonyl (C=O) groups is 1. The molecule has 0 saturated carbocycles. The van der Waals surface area contributed by atoms with Crippen molar-refractivity contribution >= 4 is 5.91 Å². The second kappa shape index (κ2) is 4.53. The number of nitrogens with zero attached hydrogens (tertiary/aromatic N) is 1. The molecule has 1 fully saturated rings. The number of nitrogens with one attached hydrogen (secondary N) is 1. The standard InChI is InChI=1S/C13H20N2O2/c1-4-11-10(5-8-17-11)12(16)15-7-6-14-9-13(15,2)3/h5,8,14H,4,6-7,9H2,1-3H3. The summed E-state index contributed by atoms with van der Waals surface area (Å²) in [5, 5.41) is 3.32. The van der Waals surface area contributed by atoms with Crippen molar-refractivity contribution in [2.75, 3.05) is 19.6 Å². The summed E-state index contributed by atoms with van der Waals surface area (Å²) in [4.78, 5) is 14.4. The molecule has 17 heavy (non-hydrogen) atoms. The number of rotatable bonds is 2. The lowest BCUT2D eigenvalue weighted by Crippen LogP contribution is -2.59. The van der Waals surface area contributed by atoms with Crippen LogP contribution in [0.4, 0.5) is 0 Å². The van der Waals surface area contributed by atoms with E-state index >= 15 is 0 Å². The van der Waals surface area contributed by atoms with Gasteiger partial charge in [0, 0.05) is 26.1 Å². The Hall–Kier alpha value is -1.29. The molecule has 0 spiro atoms. The average molecular weight is 236 g/mol. The molecule has 1 amide bonds. The largest absolute Gasteiger partial charge is 0.469 e. The Balaban J connectivity index is 2.25. The van der Waals surface area contributed by atoms with E-state index < -0.39 is 0 Å². The van der Waals surface area contributed by atoms with E-state index in [0.717, 1.165) is 31.8 Å². The molecule has 0 radical (unpaired) electrons. The van der Waals surface area contributed by atoms with Crippen molar-refractivity contribution in [2.24, 2.45) is 0 Å². The van der Waals surface area contributed by atoms with Gasteiger partial charge in [0.1, 0.15) is 5.76 Å². The predicted molar refractivity (Wildman–Crippen MR) is 66.1 cm³/mol. The summed E-state index contributed by atoms with van der Waals surface area (Å²) < 4.78 is 5.33. The summed E-state index contributed by atoms with van der Waals surface area (Å²) in [6.07, 6.45) is 2.35. The topological polar surface area (TPSA) is 45.5 Å². The molecule has 1 aliphatic heterocycles. The average Bonchev–Trinajstić information content (AvgIpc) is 2.75. The third kappa shape index (κ3) is 2.22. The van der Waals surface area contributed by atoms with Gasteiger partial charge >= 0.3 is 0 Å². The molecule has 1 saturated heterocycles. The monoisotopic (exact) mass is 236 g/mol. The van der Waals surface area contributed by atoms with Crippen molar-refractivity contribution < 1.29 is 9.21 Å². The third-order valence-electron chi connectivity index (χ3n) is 3.34. The molecule has 4 nitrogen and oxygen atoms in total. The highest BCUT2D eigenvalue weighted by molar-refractivity contribution is 5.95. The number of hydrogen-bond donors (Lipinski definition) is 1. The quantitative estimate of drug-likeness (QED) is 0.849. The summed E-state index contributed by atoms with van der Waals surface area (Å²) in [7, 11) is 0. The first-order valence-electron chi connectivity index (χ1n) is 6.15. The lowest BCUT2D eigenvalue weighted by Gasteiger charge is -2.42. The third-order valence-corrected chi connectivity index (χ3v) is 3.34. The molecule has 0 aliphatic carbocycles. The Morgan fingerprint density at radius 3 is 3.00 bits per heavy atom. The van der Waals surface area contributed by atoms with E-state index in [9.17, 15) is 4.79 Å². The second-order valence-electron chi connectivity index (χ2n) is 5.06. The fourth-order valence-corrected chi connectivity index (χ4v) is 2.31. The molecule has 0 aromatic carbocycles. The van der Waals surface area contributed by atoms with Crippen LogP contribution >= 0.6 is 0 Å². The number of furan rings is 1. The van der Waals surface area contributed by atoms with E-state index in [1.807, 2.05) is 11.8 Å². The van der Waals surface area contributed by atoms with Crippen molar-refractivity contribution in [3.05, 3.63) is 23.7 Å². The molecule has 1 aromatic rings. The molecular weight excluding hydrogens is 216 g/mol. The molecule has 0 atom stereocenters. The Bertz CT molecular complexity index is 409. The van der Waals surface area contributed by atoms with Gasteiger partial charge in [0.05, 0.1) is 17.4 Å². The van der Waals surface area contributed by atoms with Crippen molar-refractivity contribution in [3.8, 4) is 0 Å². The van der Waals surface area contributed by atoms with Gasteiger partial charge in [0.2, 0.25) is 0 Å². The van der Waals surface area contributed by atoms with Gasteiger partial charge in [-0.1, -0.05) is 6.92 Å². The molecule has 1 aromatic heterocycles. The molecule has 1 aliphatic rings. The van der Waals surface area contributed by atoms with Gasteiger partial charge in [-0.25, -0.2) is 0 Å². The van der Waals surface area contributed by atoms with Gasteiger partial charge in [0.25, 0.3) is 5.91 Å². The van der Waals surface area contributed by atoms with Crippen LogP contribution in [0.1, 0.15) is 36.9 Å². The zero-order chi connectivity index (χ0) is 12.5. The normalized spacial score (nSPS) is 19.4. The summed E-state index contributed by atoms with van der Waals surface area (Å²) in [5.74, 6) is 0.867. The van der Waals surface area contributed by atoms with E-state index in [2.05, 4.69) is 19.2 Å². The van der Waals surface area contributed by atoms with Gasteiger partial charge in [0.15, 0.2) is 0 Å².